The van der Waals surface area contributed by atoms with Crippen LogP contribution in [0.25, 0.3) is 10.8 Å². The second-order valence-corrected chi connectivity index (χ2v) is 7.35. The van der Waals surface area contributed by atoms with Crippen molar-refractivity contribution in [2.24, 2.45) is 5.92 Å². The van der Waals surface area contributed by atoms with Crippen molar-refractivity contribution in [3.63, 3.8) is 0 Å². The first-order valence-corrected chi connectivity index (χ1v) is 9.68. The molecule has 0 bridgehead atoms. The summed E-state index contributed by atoms with van der Waals surface area (Å²) in [6.07, 6.45) is 0.259. The van der Waals surface area contributed by atoms with Crippen LogP contribution in [0.2, 0.25) is 0 Å². The first-order valence-electron chi connectivity index (χ1n) is 9.68. The fraction of sp³-hybridized carbons (Fsp3) is 0.455. The van der Waals surface area contributed by atoms with E-state index in [4.69, 9.17) is 0 Å². The van der Waals surface area contributed by atoms with E-state index in [0.29, 0.717) is 6.54 Å². The van der Waals surface area contributed by atoms with Crippen molar-refractivity contribution in [2.45, 2.75) is 46.2 Å². The van der Waals surface area contributed by atoms with Gasteiger partial charge in [-0.15, -0.1) is 12.4 Å². The van der Waals surface area contributed by atoms with Crippen molar-refractivity contribution in [1.82, 2.24) is 16.0 Å². The molecule has 6 heteroatoms. The molecule has 0 aromatic heterocycles. The zero-order chi connectivity index (χ0) is 19.8. The minimum Gasteiger partial charge on any atom is -0.353 e. The monoisotopic (exact) mass is 405 g/mol. The van der Waals surface area contributed by atoms with Crippen LogP contribution < -0.4 is 16.0 Å². The summed E-state index contributed by atoms with van der Waals surface area (Å²) in [5.41, 5.74) is 0.940. The molecule has 2 amide bonds. The minimum absolute atomic E-state index is 0. The van der Waals surface area contributed by atoms with Gasteiger partial charge in [-0.3, -0.25) is 9.59 Å². The van der Waals surface area contributed by atoms with E-state index in [-0.39, 0.29) is 42.6 Å². The molecule has 154 valence electrons. The highest BCUT2D eigenvalue weighted by molar-refractivity contribution is 5.89. The standard InChI is InChI=1S/C22H31N3O2.ClH/c1-5-23-16(4)14-24-22(27)21(15(2)3)25-20(26)13-17-10-11-18-8-6-7-9-19(18)12-17;/h6-12,15-16,21,23H,5,13-14H2,1-4H3,(H,24,27)(H,25,26);1H/t16-,21?;/m1./s1. The summed E-state index contributed by atoms with van der Waals surface area (Å²) in [7, 11) is 0. The summed E-state index contributed by atoms with van der Waals surface area (Å²) in [5, 5.41) is 11.3. The molecule has 2 atom stereocenters. The predicted octanol–water partition coefficient (Wildman–Crippen LogP) is 3.06. The third kappa shape index (κ3) is 7.13. The molecule has 1 unspecified atom stereocenters. The Labute approximate surface area is 174 Å². The molecule has 0 saturated carbocycles. The summed E-state index contributed by atoms with van der Waals surface area (Å²) in [6, 6.07) is 13.7. The van der Waals surface area contributed by atoms with Gasteiger partial charge in [-0.1, -0.05) is 63.2 Å². The number of rotatable bonds is 9. The number of nitrogens with one attached hydrogen (secondary N) is 3. The van der Waals surface area contributed by atoms with Gasteiger partial charge in [0.05, 0.1) is 6.42 Å². The van der Waals surface area contributed by atoms with E-state index in [1.54, 1.807) is 0 Å². The SMILES string of the molecule is CCN[C@H](C)CNC(=O)C(NC(=O)Cc1ccc2ccccc2c1)C(C)C.Cl. The Bertz CT molecular complexity index is 779. The summed E-state index contributed by atoms with van der Waals surface area (Å²) >= 11 is 0. The Morgan fingerprint density at radius 2 is 1.68 bits per heavy atom. The van der Waals surface area contributed by atoms with E-state index in [1.165, 1.54) is 0 Å². The summed E-state index contributed by atoms with van der Waals surface area (Å²) < 4.78 is 0. The van der Waals surface area contributed by atoms with Crippen LogP contribution in [-0.2, 0) is 16.0 Å². The molecule has 0 saturated heterocycles. The quantitative estimate of drug-likeness (QED) is 0.600. The lowest BCUT2D eigenvalue weighted by atomic mass is 10.0. The molecular weight excluding hydrogens is 374 g/mol. The maximum atomic E-state index is 12.5. The number of carbonyl (C=O) groups excluding carboxylic acids is 2. The van der Waals surface area contributed by atoms with Crippen LogP contribution in [-0.4, -0.2) is 37.0 Å². The zero-order valence-electron chi connectivity index (χ0n) is 17.1. The smallest absolute Gasteiger partial charge is 0.242 e. The van der Waals surface area contributed by atoms with Gasteiger partial charge in [-0.2, -0.15) is 0 Å². The van der Waals surface area contributed by atoms with Gasteiger partial charge in [0.2, 0.25) is 11.8 Å². The topological polar surface area (TPSA) is 70.2 Å². The maximum Gasteiger partial charge on any atom is 0.242 e. The average Bonchev–Trinajstić information content (AvgIpc) is 2.64. The number of hydrogen-bond donors (Lipinski definition) is 3. The molecule has 5 nitrogen and oxygen atoms in total. The Balaban J connectivity index is 0.00000392. The predicted molar refractivity (Wildman–Crippen MR) is 118 cm³/mol. The van der Waals surface area contributed by atoms with Crippen LogP contribution in [0.15, 0.2) is 42.5 Å². The molecule has 0 aliphatic heterocycles. The molecule has 3 N–H and O–H groups in total. The highest BCUT2D eigenvalue weighted by atomic mass is 35.5. The van der Waals surface area contributed by atoms with Gasteiger partial charge in [0.15, 0.2) is 0 Å². The van der Waals surface area contributed by atoms with Crippen LogP contribution in [0, 0.1) is 5.92 Å². The van der Waals surface area contributed by atoms with Gasteiger partial charge in [0, 0.05) is 12.6 Å². The lowest BCUT2D eigenvalue weighted by molar-refractivity contribution is -0.129. The number of halogens is 1. The molecule has 0 aliphatic carbocycles. The third-order valence-electron chi connectivity index (χ3n) is 4.58. The van der Waals surface area contributed by atoms with E-state index in [9.17, 15) is 9.59 Å². The maximum absolute atomic E-state index is 12.5. The molecule has 0 radical (unpaired) electrons. The van der Waals surface area contributed by atoms with Crippen LogP contribution in [0.4, 0.5) is 0 Å². The summed E-state index contributed by atoms with van der Waals surface area (Å²) in [4.78, 5) is 25.0. The second-order valence-electron chi connectivity index (χ2n) is 7.35. The van der Waals surface area contributed by atoms with Crippen molar-refractivity contribution in [3.05, 3.63) is 48.0 Å². The fourth-order valence-electron chi connectivity index (χ4n) is 3.08. The molecular formula is C22H32ClN3O2. The van der Waals surface area contributed by atoms with Crippen LogP contribution >= 0.6 is 12.4 Å². The third-order valence-corrected chi connectivity index (χ3v) is 4.58. The number of carbonyl (C=O) groups is 2. The Morgan fingerprint density at radius 3 is 2.32 bits per heavy atom. The molecule has 2 aromatic carbocycles. The highest BCUT2D eigenvalue weighted by Gasteiger charge is 2.24. The van der Waals surface area contributed by atoms with Crippen LogP contribution in [0.1, 0.15) is 33.3 Å². The van der Waals surface area contributed by atoms with E-state index < -0.39 is 6.04 Å². The fourth-order valence-corrected chi connectivity index (χ4v) is 3.08. The van der Waals surface area contributed by atoms with Gasteiger partial charge in [0.25, 0.3) is 0 Å². The van der Waals surface area contributed by atoms with Crippen molar-refractivity contribution in [3.8, 4) is 0 Å². The van der Waals surface area contributed by atoms with E-state index in [0.717, 1.165) is 22.9 Å². The number of amides is 2. The van der Waals surface area contributed by atoms with Crippen molar-refractivity contribution < 1.29 is 9.59 Å². The molecule has 0 heterocycles. The number of hydrogen-bond acceptors (Lipinski definition) is 3. The van der Waals surface area contributed by atoms with Gasteiger partial charge >= 0.3 is 0 Å². The highest BCUT2D eigenvalue weighted by Crippen LogP contribution is 2.16. The lowest BCUT2D eigenvalue weighted by Gasteiger charge is -2.23. The number of fused-ring (bicyclic) bond motifs is 1. The van der Waals surface area contributed by atoms with E-state index in [1.807, 2.05) is 70.2 Å². The minimum atomic E-state index is -0.535. The van der Waals surface area contributed by atoms with Crippen LogP contribution in [0.3, 0.4) is 0 Å². The first kappa shape index (κ1) is 23.9. The van der Waals surface area contributed by atoms with Gasteiger partial charge in [0.1, 0.15) is 6.04 Å². The number of likely N-dealkylation sites (N-methyl/N-ethyl adjacent to an activating group) is 1. The molecule has 0 aliphatic rings. The van der Waals surface area contributed by atoms with Gasteiger partial charge in [-0.05, 0) is 35.7 Å². The normalized spacial score (nSPS) is 12.9. The summed E-state index contributed by atoms with van der Waals surface area (Å²) in [5.74, 6) is -0.263. The van der Waals surface area contributed by atoms with Gasteiger partial charge < -0.3 is 16.0 Å². The van der Waals surface area contributed by atoms with Crippen molar-refractivity contribution >= 4 is 35.0 Å². The Hall–Kier alpha value is -2.11. The van der Waals surface area contributed by atoms with E-state index in [2.05, 4.69) is 16.0 Å². The largest absolute Gasteiger partial charge is 0.353 e. The summed E-state index contributed by atoms with van der Waals surface area (Å²) in [6.45, 7) is 9.32. The average molecular weight is 406 g/mol. The Kier molecular flexibility index (Phi) is 9.97. The Morgan fingerprint density at radius 1 is 1.00 bits per heavy atom. The van der Waals surface area contributed by atoms with Crippen LogP contribution in [0.5, 0.6) is 0 Å². The number of benzene rings is 2. The van der Waals surface area contributed by atoms with Crippen molar-refractivity contribution in [2.75, 3.05) is 13.1 Å². The lowest BCUT2D eigenvalue weighted by Crippen LogP contribution is -2.52. The molecule has 2 aromatic rings. The second kappa shape index (κ2) is 11.7. The van der Waals surface area contributed by atoms with E-state index >= 15 is 0 Å². The zero-order valence-corrected chi connectivity index (χ0v) is 17.9. The molecule has 0 spiro atoms. The van der Waals surface area contributed by atoms with Gasteiger partial charge in [-0.25, -0.2) is 0 Å². The molecule has 2 rings (SSSR count). The van der Waals surface area contributed by atoms with Crippen molar-refractivity contribution in [1.29, 1.82) is 0 Å². The molecule has 28 heavy (non-hydrogen) atoms. The first-order chi connectivity index (χ1) is 12.9. The molecule has 0 fully saturated rings.